The highest BCUT2D eigenvalue weighted by atomic mass is 32.1. The molecule has 0 aliphatic rings. The quantitative estimate of drug-likeness (QED) is 0.370. The molecule has 0 aliphatic heterocycles. The van der Waals surface area contributed by atoms with Crippen molar-refractivity contribution in [2.45, 2.75) is 6.42 Å². The van der Waals surface area contributed by atoms with Crippen molar-refractivity contribution < 1.29 is 0 Å². The first-order valence-electron chi connectivity index (χ1n) is 10.1. The molecule has 31 heavy (non-hydrogen) atoms. The van der Waals surface area contributed by atoms with Crippen LogP contribution in [0.2, 0.25) is 0 Å². The van der Waals surface area contributed by atoms with Gasteiger partial charge in [0.25, 0.3) is 0 Å². The number of para-hydroxylation sites is 1. The fraction of sp³-hybridized carbons (Fsp3) is 0.0400. The largest absolute Gasteiger partial charge is 0.248 e. The van der Waals surface area contributed by atoms with Gasteiger partial charge in [0.1, 0.15) is 5.01 Å². The Labute approximate surface area is 182 Å². The molecular weight excluding hydrogens is 402 g/mol. The van der Waals surface area contributed by atoms with Crippen LogP contribution in [0.25, 0.3) is 37.7 Å². The topological polar surface area (TPSA) is 56.0 Å². The number of hydrogen-bond donors (Lipinski definition) is 0. The smallest absolute Gasteiger partial charge is 0.234 e. The van der Waals surface area contributed by atoms with E-state index in [1.165, 1.54) is 5.56 Å². The van der Waals surface area contributed by atoms with Crippen LogP contribution < -0.4 is 0 Å². The van der Waals surface area contributed by atoms with Crippen molar-refractivity contribution in [3.8, 4) is 21.8 Å². The first-order valence-corrected chi connectivity index (χ1v) is 10.9. The number of pyridine rings is 1. The molecule has 0 aliphatic carbocycles. The Balaban J connectivity index is 1.50. The van der Waals surface area contributed by atoms with Gasteiger partial charge in [-0.15, -0.1) is 10.2 Å². The van der Waals surface area contributed by atoms with E-state index in [-0.39, 0.29) is 0 Å². The Hall–Kier alpha value is -3.90. The molecule has 3 aromatic carbocycles. The van der Waals surface area contributed by atoms with Crippen molar-refractivity contribution in [2.75, 3.05) is 0 Å². The van der Waals surface area contributed by atoms with Gasteiger partial charge in [0.05, 0.1) is 11.2 Å². The summed E-state index contributed by atoms with van der Waals surface area (Å²) in [6.07, 6.45) is 0.692. The standard InChI is InChI=1S/C25H17N5S/c1-3-9-17(10-4-1)15-23-27-28-25-30(23)29-24(31-25)20-16-22(18-11-5-2-6-12-18)26-21-14-8-7-13-19(20)21/h1-14,16H,15H2. The summed E-state index contributed by atoms with van der Waals surface area (Å²) in [5.41, 5.74) is 5.22. The zero-order valence-corrected chi connectivity index (χ0v) is 17.3. The van der Waals surface area contributed by atoms with Crippen LogP contribution in [0.15, 0.2) is 91.0 Å². The minimum absolute atomic E-state index is 0.692. The summed E-state index contributed by atoms with van der Waals surface area (Å²) in [7, 11) is 0. The second kappa shape index (κ2) is 7.41. The van der Waals surface area contributed by atoms with E-state index in [2.05, 4.69) is 46.6 Å². The lowest BCUT2D eigenvalue weighted by Crippen LogP contribution is -1.98. The highest BCUT2D eigenvalue weighted by molar-refractivity contribution is 7.19. The molecule has 0 saturated heterocycles. The van der Waals surface area contributed by atoms with Crippen LogP contribution in [0.1, 0.15) is 11.4 Å². The molecular formula is C25H17N5S. The number of hydrogen-bond acceptors (Lipinski definition) is 5. The number of nitrogens with zero attached hydrogens (tertiary/aromatic N) is 5. The summed E-state index contributed by atoms with van der Waals surface area (Å²) >= 11 is 1.55. The molecule has 3 heterocycles. The third kappa shape index (κ3) is 3.27. The summed E-state index contributed by atoms with van der Waals surface area (Å²) < 4.78 is 1.87. The molecule has 0 bridgehead atoms. The summed E-state index contributed by atoms with van der Waals surface area (Å²) in [6, 6.07) is 30.8. The van der Waals surface area contributed by atoms with Gasteiger partial charge < -0.3 is 0 Å². The summed E-state index contributed by atoms with van der Waals surface area (Å²) in [5.74, 6) is 0.838. The van der Waals surface area contributed by atoms with E-state index in [4.69, 9.17) is 10.1 Å². The normalized spacial score (nSPS) is 11.4. The van der Waals surface area contributed by atoms with Crippen LogP contribution in [0.3, 0.4) is 0 Å². The van der Waals surface area contributed by atoms with E-state index < -0.39 is 0 Å². The van der Waals surface area contributed by atoms with Crippen molar-refractivity contribution in [3.63, 3.8) is 0 Å². The second-order valence-electron chi connectivity index (χ2n) is 7.32. The molecule has 0 unspecified atom stereocenters. The van der Waals surface area contributed by atoms with Crippen LogP contribution in [-0.2, 0) is 6.42 Å². The lowest BCUT2D eigenvalue weighted by Gasteiger charge is -2.08. The molecule has 6 rings (SSSR count). The number of aromatic nitrogens is 5. The lowest BCUT2D eigenvalue weighted by molar-refractivity contribution is 0.854. The Morgan fingerprint density at radius 1 is 0.774 bits per heavy atom. The Morgan fingerprint density at radius 3 is 2.35 bits per heavy atom. The van der Waals surface area contributed by atoms with Gasteiger partial charge in [-0.25, -0.2) is 4.98 Å². The maximum absolute atomic E-state index is 4.91. The average Bonchev–Trinajstić information content (AvgIpc) is 3.41. The van der Waals surface area contributed by atoms with Gasteiger partial charge in [-0.1, -0.05) is 90.2 Å². The van der Waals surface area contributed by atoms with E-state index in [0.717, 1.165) is 43.5 Å². The van der Waals surface area contributed by atoms with E-state index in [1.807, 2.05) is 59.1 Å². The summed E-state index contributed by atoms with van der Waals surface area (Å²) in [6.45, 7) is 0. The van der Waals surface area contributed by atoms with E-state index >= 15 is 0 Å². The van der Waals surface area contributed by atoms with Crippen molar-refractivity contribution >= 4 is 27.2 Å². The lowest BCUT2D eigenvalue weighted by atomic mass is 10.0. The molecule has 0 fully saturated rings. The Morgan fingerprint density at radius 2 is 1.52 bits per heavy atom. The molecule has 0 radical (unpaired) electrons. The SMILES string of the molecule is c1ccc(Cc2nnc3sc(-c4cc(-c5ccccc5)nc5ccccc45)nn23)cc1. The minimum Gasteiger partial charge on any atom is -0.248 e. The first kappa shape index (κ1) is 17.9. The van der Waals surface area contributed by atoms with Crippen LogP contribution in [0.5, 0.6) is 0 Å². The van der Waals surface area contributed by atoms with Crippen molar-refractivity contribution in [3.05, 3.63) is 102 Å². The van der Waals surface area contributed by atoms with Crippen molar-refractivity contribution in [1.29, 1.82) is 0 Å². The Kier molecular flexibility index (Phi) is 4.28. The van der Waals surface area contributed by atoms with Gasteiger partial charge in [-0.05, 0) is 17.7 Å². The Bertz CT molecular complexity index is 1500. The molecule has 148 valence electrons. The molecule has 0 saturated carbocycles. The molecule has 0 spiro atoms. The van der Waals surface area contributed by atoms with Crippen LogP contribution in [0, 0.1) is 0 Å². The van der Waals surface area contributed by atoms with E-state index in [1.54, 1.807) is 11.3 Å². The molecule has 3 aromatic heterocycles. The fourth-order valence-corrected chi connectivity index (χ4v) is 4.65. The predicted molar refractivity (Wildman–Crippen MR) is 124 cm³/mol. The summed E-state index contributed by atoms with van der Waals surface area (Å²) in [5, 5.41) is 15.6. The van der Waals surface area contributed by atoms with Gasteiger partial charge in [0.15, 0.2) is 5.82 Å². The number of fused-ring (bicyclic) bond motifs is 2. The van der Waals surface area contributed by atoms with E-state index in [0.29, 0.717) is 6.42 Å². The second-order valence-corrected chi connectivity index (χ2v) is 8.27. The number of benzene rings is 3. The third-order valence-electron chi connectivity index (χ3n) is 5.28. The van der Waals surface area contributed by atoms with Crippen LogP contribution >= 0.6 is 11.3 Å². The molecule has 0 amide bonds. The third-order valence-corrected chi connectivity index (χ3v) is 6.21. The number of rotatable bonds is 4. The van der Waals surface area contributed by atoms with Crippen LogP contribution in [0.4, 0.5) is 0 Å². The molecule has 0 N–H and O–H groups in total. The maximum atomic E-state index is 4.91. The molecule has 6 heteroatoms. The van der Waals surface area contributed by atoms with Crippen molar-refractivity contribution in [1.82, 2.24) is 24.8 Å². The predicted octanol–water partition coefficient (Wildman–Crippen LogP) is 5.66. The average molecular weight is 420 g/mol. The van der Waals surface area contributed by atoms with Gasteiger partial charge in [-0.3, -0.25) is 0 Å². The zero-order chi connectivity index (χ0) is 20.6. The van der Waals surface area contributed by atoms with Gasteiger partial charge >= 0.3 is 0 Å². The van der Waals surface area contributed by atoms with Gasteiger partial charge in [0.2, 0.25) is 4.96 Å². The molecule has 6 aromatic rings. The maximum Gasteiger partial charge on any atom is 0.234 e. The minimum atomic E-state index is 0.692. The highest BCUT2D eigenvalue weighted by Crippen LogP contribution is 2.34. The summed E-state index contributed by atoms with van der Waals surface area (Å²) in [4.78, 5) is 5.68. The first-order chi connectivity index (χ1) is 15.3. The zero-order valence-electron chi connectivity index (χ0n) is 16.5. The monoisotopic (exact) mass is 419 g/mol. The van der Waals surface area contributed by atoms with Crippen LogP contribution in [-0.4, -0.2) is 24.8 Å². The highest BCUT2D eigenvalue weighted by Gasteiger charge is 2.17. The molecule has 0 atom stereocenters. The van der Waals surface area contributed by atoms with Gasteiger partial charge in [-0.2, -0.15) is 9.61 Å². The fourth-order valence-electron chi connectivity index (χ4n) is 3.76. The van der Waals surface area contributed by atoms with Gasteiger partial charge in [0, 0.05) is 22.9 Å². The van der Waals surface area contributed by atoms with E-state index in [9.17, 15) is 0 Å². The van der Waals surface area contributed by atoms with Crippen molar-refractivity contribution in [2.24, 2.45) is 0 Å². The molecule has 5 nitrogen and oxygen atoms in total.